The third kappa shape index (κ3) is 2.47. The molecule has 1 aromatic carbocycles. The SMILES string of the molecule is O=C(NCO)c1ccc2c(c1)CCC1(CCCNC1=O)O2. The third-order valence-corrected chi connectivity index (χ3v) is 4.12. The molecule has 1 unspecified atom stereocenters. The lowest BCUT2D eigenvalue weighted by Gasteiger charge is -2.40. The normalized spacial score (nSPS) is 24.0. The molecule has 1 fully saturated rings. The van der Waals surface area contributed by atoms with Crippen molar-refractivity contribution >= 4 is 11.8 Å². The molecule has 1 aromatic rings. The summed E-state index contributed by atoms with van der Waals surface area (Å²) in [6.45, 7) is 0.312. The Bertz CT molecular complexity index is 587. The zero-order chi connectivity index (χ0) is 14.9. The van der Waals surface area contributed by atoms with Gasteiger partial charge in [-0.2, -0.15) is 0 Å². The van der Waals surface area contributed by atoms with E-state index in [0.717, 1.165) is 18.4 Å². The van der Waals surface area contributed by atoms with Gasteiger partial charge >= 0.3 is 0 Å². The molecule has 3 rings (SSSR count). The standard InChI is InChI=1S/C15H18N2O4/c18-9-17-13(19)11-2-3-12-10(8-11)4-6-15(21-12)5-1-7-16-14(15)20/h2-3,8,18H,1,4-7,9H2,(H,16,20)(H,17,19). The van der Waals surface area contributed by atoms with Gasteiger partial charge in [0.25, 0.3) is 11.8 Å². The average molecular weight is 290 g/mol. The van der Waals surface area contributed by atoms with Gasteiger partial charge in [0.05, 0.1) is 0 Å². The highest BCUT2D eigenvalue weighted by molar-refractivity contribution is 5.94. The highest BCUT2D eigenvalue weighted by Crippen LogP contribution is 2.37. The minimum atomic E-state index is -0.750. The third-order valence-electron chi connectivity index (χ3n) is 4.12. The molecule has 6 nitrogen and oxygen atoms in total. The fraction of sp³-hybridized carbons (Fsp3) is 0.467. The molecule has 1 atom stereocenters. The van der Waals surface area contributed by atoms with E-state index >= 15 is 0 Å². The smallest absolute Gasteiger partial charge is 0.264 e. The van der Waals surface area contributed by atoms with E-state index in [4.69, 9.17) is 9.84 Å². The minimum absolute atomic E-state index is 0.0403. The number of fused-ring (bicyclic) bond motifs is 1. The predicted molar refractivity (Wildman–Crippen MR) is 74.9 cm³/mol. The first-order valence-corrected chi connectivity index (χ1v) is 7.14. The van der Waals surface area contributed by atoms with Gasteiger partial charge in [-0.25, -0.2) is 0 Å². The molecule has 0 saturated carbocycles. The lowest BCUT2D eigenvalue weighted by molar-refractivity contribution is -0.141. The number of ether oxygens (including phenoxy) is 1. The summed E-state index contributed by atoms with van der Waals surface area (Å²) in [5, 5.41) is 13.9. The maximum Gasteiger partial charge on any atom is 0.264 e. The molecular weight excluding hydrogens is 272 g/mol. The number of hydrogen-bond donors (Lipinski definition) is 3. The van der Waals surface area contributed by atoms with Crippen LogP contribution in [0.25, 0.3) is 0 Å². The van der Waals surface area contributed by atoms with Gasteiger partial charge in [0.15, 0.2) is 5.60 Å². The number of carbonyl (C=O) groups excluding carboxylic acids is 2. The Labute approximate surface area is 122 Å². The van der Waals surface area contributed by atoms with Crippen LogP contribution >= 0.6 is 0 Å². The van der Waals surface area contributed by atoms with Crippen molar-refractivity contribution in [3.8, 4) is 5.75 Å². The van der Waals surface area contributed by atoms with Crippen LogP contribution in [-0.4, -0.2) is 35.8 Å². The Morgan fingerprint density at radius 3 is 3.05 bits per heavy atom. The molecule has 0 bridgehead atoms. The molecule has 3 N–H and O–H groups in total. The molecule has 2 aliphatic heterocycles. The molecule has 1 spiro atoms. The number of hydrogen-bond acceptors (Lipinski definition) is 4. The van der Waals surface area contributed by atoms with E-state index in [1.807, 2.05) is 0 Å². The van der Waals surface area contributed by atoms with Gasteiger partial charge in [-0.1, -0.05) is 0 Å². The number of aliphatic hydroxyl groups excluding tert-OH is 1. The number of aryl methyl sites for hydroxylation is 1. The van der Waals surface area contributed by atoms with E-state index in [9.17, 15) is 9.59 Å². The lowest BCUT2D eigenvalue weighted by atomic mass is 9.84. The van der Waals surface area contributed by atoms with Crippen molar-refractivity contribution in [3.63, 3.8) is 0 Å². The highest BCUT2D eigenvalue weighted by Gasteiger charge is 2.44. The first-order chi connectivity index (χ1) is 10.1. The second-order valence-corrected chi connectivity index (χ2v) is 5.44. The number of rotatable bonds is 2. The maximum absolute atomic E-state index is 12.1. The van der Waals surface area contributed by atoms with Gasteiger partial charge < -0.3 is 20.5 Å². The second-order valence-electron chi connectivity index (χ2n) is 5.44. The minimum Gasteiger partial charge on any atom is -0.477 e. The van der Waals surface area contributed by atoms with Crippen LogP contribution in [0.2, 0.25) is 0 Å². The van der Waals surface area contributed by atoms with Crippen molar-refractivity contribution < 1.29 is 19.4 Å². The number of benzene rings is 1. The zero-order valence-electron chi connectivity index (χ0n) is 11.6. The zero-order valence-corrected chi connectivity index (χ0v) is 11.6. The van der Waals surface area contributed by atoms with Crippen LogP contribution in [0.1, 0.15) is 35.2 Å². The number of aliphatic hydroxyl groups is 1. The Balaban J connectivity index is 1.84. The molecule has 2 aliphatic rings. The molecular formula is C15H18N2O4. The summed E-state index contributed by atoms with van der Waals surface area (Å²) in [6.07, 6.45) is 2.96. The Hall–Kier alpha value is -2.08. The highest BCUT2D eigenvalue weighted by atomic mass is 16.5. The Morgan fingerprint density at radius 2 is 2.29 bits per heavy atom. The molecule has 112 valence electrons. The fourth-order valence-corrected chi connectivity index (χ4v) is 2.97. The lowest BCUT2D eigenvalue weighted by Crippen LogP contribution is -2.56. The van der Waals surface area contributed by atoms with Crippen LogP contribution < -0.4 is 15.4 Å². The van der Waals surface area contributed by atoms with Crippen LogP contribution in [0.5, 0.6) is 5.75 Å². The van der Waals surface area contributed by atoms with Crippen molar-refractivity contribution in [2.45, 2.75) is 31.3 Å². The number of amides is 2. The van der Waals surface area contributed by atoms with E-state index in [-0.39, 0.29) is 11.8 Å². The first kappa shape index (κ1) is 13.9. The molecule has 1 saturated heterocycles. The summed E-state index contributed by atoms with van der Waals surface area (Å²) >= 11 is 0. The van der Waals surface area contributed by atoms with Crippen LogP contribution in [0.15, 0.2) is 18.2 Å². The monoisotopic (exact) mass is 290 g/mol. The number of carbonyl (C=O) groups is 2. The Kier molecular flexibility index (Phi) is 3.55. The quantitative estimate of drug-likeness (QED) is 0.685. The molecule has 0 radical (unpaired) electrons. The summed E-state index contributed by atoms with van der Waals surface area (Å²) < 4.78 is 5.97. The predicted octanol–water partition coefficient (Wildman–Crippen LogP) is 0.340. The van der Waals surface area contributed by atoms with E-state index in [2.05, 4.69) is 10.6 Å². The summed E-state index contributed by atoms with van der Waals surface area (Å²) in [4.78, 5) is 23.8. The molecule has 21 heavy (non-hydrogen) atoms. The first-order valence-electron chi connectivity index (χ1n) is 7.14. The topological polar surface area (TPSA) is 87.7 Å². The van der Waals surface area contributed by atoms with E-state index in [1.165, 1.54) is 0 Å². The molecule has 2 heterocycles. The molecule has 0 aromatic heterocycles. The van der Waals surface area contributed by atoms with Crippen LogP contribution in [0.3, 0.4) is 0 Å². The summed E-state index contributed by atoms with van der Waals surface area (Å²) in [5.74, 6) is 0.302. The number of piperidine rings is 1. The van der Waals surface area contributed by atoms with Crippen molar-refractivity contribution in [3.05, 3.63) is 29.3 Å². The van der Waals surface area contributed by atoms with Crippen molar-refractivity contribution in [2.24, 2.45) is 0 Å². The summed E-state index contributed by atoms with van der Waals surface area (Å²) in [5.41, 5.74) is 0.653. The summed E-state index contributed by atoms with van der Waals surface area (Å²) in [6, 6.07) is 5.13. The number of nitrogens with one attached hydrogen (secondary N) is 2. The molecule has 0 aliphatic carbocycles. The second kappa shape index (κ2) is 5.37. The van der Waals surface area contributed by atoms with Gasteiger partial charge in [-0.3, -0.25) is 9.59 Å². The van der Waals surface area contributed by atoms with E-state index in [0.29, 0.717) is 30.7 Å². The van der Waals surface area contributed by atoms with Crippen LogP contribution in [0.4, 0.5) is 0 Å². The van der Waals surface area contributed by atoms with Gasteiger partial charge in [-0.15, -0.1) is 0 Å². The van der Waals surface area contributed by atoms with E-state index < -0.39 is 12.3 Å². The van der Waals surface area contributed by atoms with Crippen molar-refractivity contribution in [2.75, 3.05) is 13.3 Å². The molecule has 2 amide bonds. The van der Waals surface area contributed by atoms with Crippen LogP contribution in [-0.2, 0) is 11.2 Å². The Morgan fingerprint density at radius 1 is 1.43 bits per heavy atom. The van der Waals surface area contributed by atoms with Gasteiger partial charge in [0, 0.05) is 18.5 Å². The molecule has 6 heteroatoms. The fourth-order valence-electron chi connectivity index (χ4n) is 2.97. The van der Waals surface area contributed by atoms with Crippen LogP contribution in [0, 0.1) is 0 Å². The average Bonchev–Trinajstić information content (AvgIpc) is 2.50. The van der Waals surface area contributed by atoms with Gasteiger partial charge in [0.1, 0.15) is 12.5 Å². The largest absolute Gasteiger partial charge is 0.477 e. The van der Waals surface area contributed by atoms with Gasteiger partial charge in [-0.05, 0) is 43.0 Å². The van der Waals surface area contributed by atoms with Crippen molar-refractivity contribution in [1.29, 1.82) is 0 Å². The maximum atomic E-state index is 12.1. The van der Waals surface area contributed by atoms with E-state index in [1.54, 1.807) is 18.2 Å². The summed E-state index contributed by atoms with van der Waals surface area (Å²) in [7, 11) is 0. The van der Waals surface area contributed by atoms with Crippen molar-refractivity contribution in [1.82, 2.24) is 10.6 Å². The van der Waals surface area contributed by atoms with Gasteiger partial charge in [0.2, 0.25) is 0 Å².